The molecule has 1 fully saturated rings. The van der Waals surface area contributed by atoms with Gasteiger partial charge in [0.15, 0.2) is 0 Å². The molecule has 0 aromatic heterocycles. The number of aliphatic hydroxyl groups excluding tert-OH is 1. The maximum absolute atomic E-state index is 11.9. The fourth-order valence-corrected chi connectivity index (χ4v) is 1.34. The zero-order chi connectivity index (χ0) is 8.32. The number of halogens is 1. The third-order valence-corrected chi connectivity index (χ3v) is 2.11. The molecule has 0 aliphatic carbocycles. The minimum atomic E-state index is -0.661. The van der Waals surface area contributed by atoms with Crippen molar-refractivity contribution in [3.63, 3.8) is 0 Å². The van der Waals surface area contributed by atoms with E-state index in [0.717, 1.165) is 0 Å². The lowest BCUT2D eigenvalue weighted by molar-refractivity contribution is -0.120. The Morgan fingerprint density at radius 1 is 1.73 bits per heavy atom. The molecule has 4 heteroatoms. The second kappa shape index (κ2) is 3.17. The lowest BCUT2D eigenvalue weighted by Gasteiger charge is -2.24. The highest BCUT2D eigenvalue weighted by molar-refractivity contribution is 5.79. The van der Waals surface area contributed by atoms with Gasteiger partial charge in [-0.25, -0.2) is 0 Å². The van der Waals surface area contributed by atoms with E-state index in [-0.39, 0.29) is 18.9 Å². The Balaban J connectivity index is 2.54. The van der Waals surface area contributed by atoms with Gasteiger partial charge in [0.25, 0.3) is 0 Å². The van der Waals surface area contributed by atoms with Crippen molar-refractivity contribution in [3.8, 4) is 0 Å². The summed E-state index contributed by atoms with van der Waals surface area (Å²) >= 11 is 0. The second-order valence-corrected chi connectivity index (χ2v) is 2.93. The van der Waals surface area contributed by atoms with E-state index in [1.54, 1.807) is 0 Å². The largest absolute Gasteiger partial charge is 0.394 e. The van der Waals surface area contributed by atoms with Gasteiger partial charge in [0.05, 0.1) is 18.8 Å². The molecule has 0 radical (unpaired) electrons. The van der Waals surface area contributed by atoms with Crippen LogP contribution < -0.4 is 5.32 Å². The Morgan fingerprint density at radius 2 is 2.45 bits per heavy atom. The molecule has 0 spiro atoms. The van der Waals surface area contributed by atoms with Crippen LogP contribution in [0, 0.1) is 0 Å². The van der Waals surface area contributed by atoms with Gasteiger partial charge < -0.3 is 10.4 Å². The number of carbonyl (C=O) groups excluding carboxylic acids is 1. The summed E-state index contributed by atoms with van der Waals surface area (Å²) in [5.74, 6) is -0.0903. The molecule has 2 N–H and O–H groups in total. The van der Waals surface area contributed by atoms with Crippen molar-refractivity contribution in [1.29, 1.82) is 0 Å². The minimum Gasteiger partial charge on any atom is -0.394 e. The molecule has 0 aromatic carbocycles. The molecular formula is C7H12FNO2. The van der Waals surface area contributed by atoms with E-state index < -0.39 is 12.2 Å². The molecule has 0 bridgehead atoms. The van der Waals surface area contributed by atoms with Crippen LogP contribution in [0.25, 0.3) is 0 Å². The topological polar surface area (TPSA) is 49.3 Å². The van der Waals surface area contributed by atoms with Gasteiger partial charge in [-0.05, 0) is 6.42 Å². The lowest BCUT2D eigenvalue weighted by Crippen LogP contribution is -2.45. The van der Waals surface area contributed by atoms with E-state index >= 15 is 0 Å². The van der Waals surface area contributed by atoms with Crippen molar-refractivity contribution in [2.24, 2.45) is 0 Å². The molecule has 1 aliphatic rings. The number of carbonyl (C=O) groups is 1. The van der Waals surface area contributed by atoms with Crippen LogP contribution in [0.1, 0.15) is 19.3 Å². The van der Waals surface area contributed by atoms with Crippen LogP contribution >= 0.6 is 0 Å². The molecule has 3 nitrogen and oxygen atoms in total. The second-order valence-electron chi connectivity index (χ2n) is 2.93. The monoisotopic (exact) mass is 161 g/mol. The van der Waals surface area contributed by atoms with Gasteiger partial charge in [0, 0.05) is 12.8 Å². The number of hydrogen-bond donors (Lipinski definition) is 2. The standard InChI is InChI=1S/C7H12FNO2/c8-4-3-7(5-10)2-1-6(11)9-7/h10H,1-5H2,(H,9,11). The molecule has 11 heavy (non-hydrogen) atoms. The normalized spacial score (nSPS) is 30.5. The predicted octanol–water partition coefficient (Wildman–Crippen LogP) is -0.0129. The summed E-state index contributed by atoms with van der Waals surface area (Å²) in [6.45, 7) is -0.663. The summed E-state index contributed by atoms with van der Waals surface area (Å²) in [6.07, 6.45) is 1.17. The maximum Gasteiger partial charge on any atom is 0.220 e. The maximum atomic E-state index is 11.9. The van der Waals surface area contributed by atoms with E-state index in [9.17, 15) is 9.18 Å². The number of rotatable bonds is 3. The van der Waals surface area contributed by atoms with Gasteiger partial charge in [-0.1, -0.05) is 0 Å². The Hall–Kier alpha value is -0.640. The first kappa shape index (κ1) is 8.46. The lowest BCUT2D eigenvalue weighted by atomic mass is 9.95. The number of aliphatic hydroxyl groups is 1. The molecule has 64 valence electrons. The molecule has 0 saturated carbocycles. The average Bonchev–Trinajstić information content (AvgIpc) is 2.34. The van der Waals surface area contributed by atoms with E-state index in [1.165, 1.54) is 0 Å². The smallest absolute Gasteiger partial charge is 0.220 e. The fraction of sp³-hybridized carbons (Fsp3) is 0.857. The number of nitrogens with one attached hydrogen (secondary N) is 1. The van der Waals surface area contributed by atoms with E-state index in [4.69, 9.17) is 5.11 Å². The van der Waals surface area contributed by atoms with Crippen molar-refractivity contribution in [1.82, 2.24) is 5.32 Å². The summed E-state index contributed by atoms with van der Waals surface area (Å²) in [6, 6.07) is 0. The zero-order valence-electron chi connectivity index (χ0n) is 6.27. The van der Waals surface area contributed by atoms with Crippen LogP contribution in [0.2, 0.25) is 0 Å². The van der Waals surface area contributed by atoms with Gasteiger partial charge in [-0.2, -0.15) is 0 Å². The Morgan fingerprint density at radius 3 is 2.82 bits per heavy atom. The first-order valence-corrected chi connectivity index (χ1v) is 3.70. The van der Waals surface area contributed by atoms with Gasteiger partial charge in [-0.3, -0.25) is 9.18 Å². The van der Waals surface area contributed by atoms with Crippen molar-refractivity contribution in [2.45, 2.75) is 24.8 Å². The molecule has 0 aromatic rings. The van der Waals surface area contributed by atoms with Gasteiger partial charge in [0.2, 0.25) is 5.91 Å². The SMILES string of the molecule is O=C1CCC(CO)(CCF)N1. The highest BCUT2D eigenvalue weighted by Gasteiger charge is 2.36. The molecular weight excluding hydrogens is 149 g/mol. The van der Waals surface area contributed by atoms with E-state index in [0.29, 0.717) is 12.8 Å². The van der Waals surface area contributed by atoms with E-state index in [1.807, 2.05) is 0 Å². The Kier molecular flexibility index (Phi) is 2.44. The summed E-state index contributed by atoms with van der Waals surface area (Å²) in [4.78, 5) is 10.7. The average molecular weight is 161 g/mol. The molecule has 1 atom stereocenters. The highest BCUT2D eigenvalue weighted by atomic mass is 19.1. The Labute approximate surface area is 64.6 Å². The van der Waals surface area contributed by atoms with Crippen molar-refractivity contribution in [2.75, 3.05) is 13.3 Å². The van der Waals surface area contributed by atoms with Crippen LogP contribution in [-0.4, -0.2) is 29.8 Å². The predicted molar refractivity (Wildman–Crippen MR) is 37.8 cm³/mol. The number of hydrogen-bond acceptors (Lipinski definition) is 2. The van der Waals surface area contributed by atoms with Crippen molar-refractivity contribution < 1.29 is 14.3 Å². The highest BCUT2D eigenvalue weighted by Crippen LogP contribution is 2.23. The first-order chi connectivity index (χ1) is 5.22. The van der Waals surface area contributed by atoms with Crippen LogP contribution in [0.3, 0.4) is 0 Å². The fourth-order valence-electron chi connectivity index (χ4n) is 1.34. The zero-order valence-corrected chi connectivity index (χ0v) is 6.27. The van der Waals surface area contributed by atoms with Gasteiger partial charge >= 0.3 is 0 Å². The van der Waals surface area contributed by atoms with Gasteiger partial charge in [-0.15, -0.1) is 0 Å². The Bertz CT molecular complexity index is 163. The summed E-state index contributed by atoms with van der Waals surface area (Å²) in [5, 5.41) is 11.5. The van der Waals surface area contributed by atoms with Crippen LogP contribution in [0.5, 0.6) is 0 Å². The first-order valence-electron chi connectivity index (χ1n) is 3.70. The summed E-state index contributed by atoms with van der Waals surface area (Å²) < 4.78 is 11.9. The quantitative estimate of drug-likeness (QED) is 0.611. The third kappa shape index (κ3) is 1.68. The van der Waals surface area contributed by atoms with Crippen LogP contribution in [-0.2, 0) is 4.79 Å². The van der Waals surface area contributed by atoms with Crippen molar-refractivity contribution >= 4 is 5.91 Å². The molecule has 1 aliphatic heterocycles. The van der Waals surface area contributed by atoms with Crippen LogP contribution in [0.15, 0.2) is 0 Å². The molecule has 1 amide bonds. The van der Waals surface area contributed by atoms with Crippen LogP contribution in [0.4, 0.5) is 4.39 Å². The molecule has 1 unspecified atom stereocenters. The number of alkyl halides is 1. The third-order valence-electron chi connectivity index (χ3n) is 2.11. The van der Waals surface area contributed by atoms with E-state index in [2.05, 4.69) is 5.32 Å². The van der Waals surface area contributed by atoms with Gasteiger partial charge in [0.1, 0.15) is 0 Å². The molecule has 1 rings (SSSR count). The minimum absolute atomic E-state index is 0.0903. The van der Waals surface area contributed by atoms with Crippen molar-refractivity contribution in [3.05, 3.63) is 0 Å². The summed E-state index contributed by atoms with van der Waals surface area (Å²) in [7, 11) is 0. The molecule has 1 saturated heterocycles. The number of amides is 1. The molecule has 1 heterocycles. The summed E-state index contributed by atoms with van der Waals surface area (Å²) in [5.41, 5.74) is -0.661.